The first-order valence-electron chi connectivity index (χ1n) is 19.8. The molecule has 3 rings (SSSR count). The van der Waals surface area contributed by atoms with Crippen molar-refractivity contribution >= 4 is 29.7 Å². The number of likely N-dealkylation sites (N-methyl/N-ethyl adjacent to an activating group) is 1. The second kappa shape index (κ2) is 20.8. The SMILES string of the molecule is CC[C@H](C)[C@@H]([C@H](CC(=O)N1CCC[C@H]1[C@H](OC)[C@@H](C)C(=O)NCCC1C=CC=CC=C1)OC)N(C)C(=O)[C@@H](NC(=O)[C@@]1(C)CCCCN1C(=O)O)C(C)C. The summed E-state index contributed by atoms with van der Waals surface area (Å²) < 4.78 is 11.9. The van der Waals surface area contributed by atoms with Crippen molar-refractivity contribution in [3.8, 4) is 0 Å². The van der Waals surface area contributed by atoms with Gasteiger partial charge in [-0.05, 0) is 63.2 Å². The van der Waals surface area contributed by atoms with Crippen molar-refractivity contribution in [1.29, 1.82) is 0 Å². The molecule has 0 spiro atoms. The van der Waals surface area contributed by atoms with Crippen LogP contribution in [0.3, 0.4) is 0 Å². The molecule has 0 bridgehead atoms. The van der Waals surface area contributed by atoms with Crippen LogP contribution in [0.1, 0.15) is 92.9 Å². The van der Waals surface area contributed by atoms with Gasteiger partial charge < -0.3 is 35.0 Å². The predicted octanol–water partition coefficient (Wildman–Crippen LogP) is 4.77. The van der Waals surface area contributed by atoms with Crippen molar-refractivity contribution < 1.29 is 38.6 Å². The number of methoxy groups -OCH3 is 2. The summed E-state index contributed by atoms with van der Waals surface area (Å²) in [5, 5.41) is 15.8. The Bertz CT molecular complexity index is 1370. The molecule has 304 valence electrons. The molecule has 8 atom stereocenters. The van der Waals surface area contributed by atoms with Crippen molar-refractivity contribution in [2.24, 2.45) is 23.7 Å². The van der Waals surface area contributed by atoms with Crippen LogP contribution >= 0.6 is 0 Å². The molecule has 13 nitrogen and oxygen atoms in total. The fourth-order valence-electron chi connectivity index (χ4n) is 8.32. The first-order chi connectivity index (χ1) is 25.6. The molecule has 0 aromatic heterocycles. The van der Waals surface area contributed by atoms with Gasteiger partial charge in [0.25, 0.3) is 0 Å². The summed E-state index contributed by atoms with van der Waals surface area (Å²) >= 11 is 0. The Morgan fingerprint density at radius 1 is 0.963 bits per heavy atom. The summed E-state index contributed by atoms with van der Waals surface area (Å²) in [6, 6.07) is -1.73. The third-order valence-electron chi connectivity index (χ3n) is 11.9. The van der Waals surface area contributed by atoms with Crippen LogP contribution < -0.4 is 10.6 Å². The minimum absolute atomic E-state index is 0.0122. The highest BCUT2D eigenvalue weighted by Gasteiger charge is 2.47. The van der Waals surface area contributed by atoms with Crippen molar-refractivity contribution in [2.45, 2.75) is 129 Å². The van der Waals surface area contributed by atoms with Crippen LogP contribution in [0.5, 0.6) is 0 Å². The van der Waals surface area contributed by atoms with Gasteiger partial charge >= 0.3 is 6.09 Å². The minimum Gasteiger partial charge on any atom is -0.465 e. The lowest BCUT2D eigenvalue weighted by atomic mass is 9.86. The van der Waals surface area contributed by atoms with E-state index in [1.54, 1.807) is 33.1 Å². The van der Waals surface area contributed by atoms with E-state index in [2.05, 4.69) is 22.8 Å². The van der Waals surface area contributed by atoms with Gasteiger partial charge in [0, 0.05) is 40.9 Å². The molecule has 13 heteroatoms. The number of carbonyl (C=O) groups excluding carboxylic acids is 4. The fraction of sp³-hybridized carbons (Fsp3) is 0.732. The van der Waals surface area contributed by atoms with E-state index in [4.69, 9.17) is 9.47 Å². The lowest BCUT2D eigenvalue weighted by molar-refractivity contribution is -0.148. The Morgan fingerprint density at radius 2 is 1.63 bits per heavy atom. The Kier molecular flexibility index (Phi) is 17.2. The molecule has 2 aliphatic heterocycles. The zero-order chi connectivity index (χ0) is 40.2. The summed E-state index contributed by atoms with van der Waals surface area (Å²) in [7, 11) is 4.81. The van der Waals surface area contributed by atoms with Crippen LogP contribution in [0.2, 0.25) is 0 Å². The van der Waals surface area contributed by atoms with Crippen LogP contribution in [-0.2, 0) is 28.7 Å². The third-order valence-corrected chi connectivity index (χ3v) is 11.9. The van der Waals surface area contributed by atoms with E-state index in [0.29, 0.717) is 45.2 Å². The zero-order valence-corrected chi connectivity index (χ0v) is 34.1. The number of hydrogen-bond acceptors (Lipinski definition) is 7. The van der Waals surface area contributed by atoms with Gasteiger partial charge in [0.1, 0.15) is 11.6 Å². The number of likely N-dealkylation sites (tertiary alicyclic amines) is 2. The maximum absolute atomic E-state index is 14.3. The second-order valence-electron chi connectivity index (χ2n) is 15.8. The Labute approximate surface area is 322 Å². The molecule has 2 saturated heterocycles. The molecule has 0 aromatic rings. The predicted molar refractivity (Wildman–Crippen MR) is 208 cm³/mol. The molecule has 3 aliphatic rings. The first kappa shape index (κ1) is 44.7. The number of rotatable bonds is 18. The van der Waals surface area contributed by atoms with Crippen LogP contribution in [0.15, 0.2) is 36.5 Å². The molecular formula is C41H67N5O8. The molecule has 0 radical (unpaired) electrons. The number of carbonyl (C=O) groups is 5. The van der Waals surface area contributed by atoms with Gasteiger partial charge in [-0.1, -0.05) is 77.5 Å². The number of piperidine rings is 1. The largest absolute Gasteiger partial charge is 0.465 e. The van der Waals surface area contributed by atoms with Crippen molar-refractivity contribution in [3.05, 3.63) is 36.5 Å². The first-order valence-corrected chi connectivity index (χ1v) is 19.8. The standard InChI is InChI=1S/C41H67N5O8/c1-10-28(4)35(44(7)38(49)34(27(2)3)43-39(50)41(6)22-15-16-25-46(41)40(51)52)32(53-8)26-33(47)45-24-17-20-31(45)36(54-9)29(5)37(48)42-23-21-30-18-13-11-12-14-19-30/h11-14,18-19,27-32,34-36H,10,15-17,20-26H2,1-9H3,(H,42,48)(H,43,50)(H,51,52)/t28-,29+,31-,32-,34-,35-,36+,41+/m0/s1. The number of nitrogens with zero attached hydrogens (tertiary/aromatic N) is 3. The van der Waals surface area contributed by atoms with E-state index in [1.807, 2.05) is 63.8 Å². The molecule has 0 unspecified atom stereocenters. The summed E-state index contributed by atoms with van der Waals surface area (Å²) in [6.07, 6.45) is 14.6. The van der Waals surface area contributed by atoms with Gasteiger partial charge in [0.15, 0.2) is 0 Å². The fourth-order valence-corrected chi connectivity index (χ4v) is 8.32. The van der Waals surface area contributed by atoms with E-state index in [-0.39, 0.29) is 54.5 Å². The normalized spacial score (nSPS) is 23.6. The van der Waals surface area contributed by atoms with Crippen LogP contribution in [0.25, 0.3) is 0 Å². The molecular weight excluding hydrogens is 690 g/mol. The topological polar surface area (TPSA) is 158 Å². The van der Waals surface area contributed by atoms with Gasteiger partial charge in [0.2, 0.25) is 23.6 Å². The maximum atomic E-state index is 14.3. The highest BCUT2D eigenvalue weighted by Crippen LogP contribution is 2.31. The quantitative estimate of drug-likeness (QED) is 0.181. The van der Waals surface area contributed by atoms with Crippen LogP contribution in [0, 0.1) is 23.7 Å². The molecule has 3 N–H and O–H groups in total. The number of carboxylic acid groups (broad SMARTS) is 1. The van der Waals surface area contributed by atoms with Gasteiger partial charge in [0.05, 0.1) is 36.6 Å². The average Bonchev–Trinajstić information content (AvgIpc) is 3.48. The minimum atomic E-state index is -1.29. The molecule has 2 heterocycles. The smallest absolute Gasteiger partial charge is 0.408 e. The maximum Gasteiger partial charge on any atom is 0.408 e. The Morgan fingerprint density at radius 3 is 2.20 bits per heavy atom. The molecule has 0 saturated carbocycles. The third kappa shape index (κ3) is 11.0. The summed E-state index contributed by atoms with van der Waals surface area (Å²) in [4.78, 5) is 72.2. The molecule has 0 aromatic carbocycles. The van der Waals surface area contributed by atoms with E-state index in [9.17, 15) is 29.1 Å². The lowest BCUT2D eigenvalue weighted by Gasteiger charge is -2.43. The van der Waals surface area contributed by atoms with Gasteiger partial charge in [-0.3, -0.25) is 24.1 Å². The van der Waals surface area contributed by atoms with Gasteiger partial charge in [-0.15, -0.1) is 0 Å². The van der Waals surface area contributed by atoms with Crippen molar-refractivity contribution in [3.63, 3.8) is 0 Å². The van der Waals surface area contributed by atoms with Gasteiger partial charge in [-0.2, -0.15) is 0 Å². The number of amides is 5. The van der Waals surface area contributed by atoms with Crippen molar-refractivity contribution in [1.82, 2.24) is 25.3 Å². The molecule has 54 heavy (non-hydrogen) atoms. The Balaban J connectivity index is 1.73. The lowest BCUT2D eigenvalue weighted by Crippen LogP contribution is -2.64. The Hall–Kier alpha value is -3.71. The van der Waals surface area contributed by atoms with Crippen LogP contribution in [0.4, 0.5) is 4.79 Å². The monoisotopic (exact) mass is 757 g/mol. The average molecular weight is 758 g/mol. The number of nitrogens with one attached hydrogen (secondary N) is 2. The zero-order valence-electron chi connectivity index (χ0n) is 34.1. The van der Waals surface area contributed by atoms with Crippen LogP contribution in [-0.4, -0.2) is 126 Å². The van der Waals surface area contributed by atoms with E-state index in [0.717, 1.165) is 12.8 Å². The van der Waals surface area contributed by atoms with Gasteiger partial charge in [-0.25, -0.2) is 4.79 Å². The number of ether oxygens (including phenoxy) is 2. The molecule has 2 fully saturated rings. The second-order valence-corrected chi connectivity index (χ2v) is 15.8. The van der Waals surface area contributed by atoms with Crippen molar-refractivity contribution in [2.75, 3.05) is 40.9 Å². The molecule has 1 aliphatic carbocycles. The number of hydrogen-bond donors (Lipinski definition) is 3. The highest BCUT2D eigenvalue weighted by atomic mass is 16.5. The summed E-state index contributed by atoms with van der Waals surface area (Å²) in [5.74, 6) is -1.70. The highest BCUT2D eigenvalue weighted by molar-refractivity contribution is 5.94. The molecule has 5 amide bonds. The van der Waals surface area contributed by atoms with E-state index < -0.39 is 47.7 Å². The number of allylic oxidation sites excluding steroid dienone is 6. The summed E-state index contributed by atoms with van der Waals surface area (Å²) in [6.45, 7) is 12.5. The summed E-state index contributed by atoms with van der Waals surface area (Å²) in [5.41, 5.74) is -1.29. The van der Waals surface area contributed by atoms with E-state index in [1.165, 1.54) is 4.90 Å². The van der Waals surface area contributed by atoms with E-state index >= 15 is 0 Å².